The van der Waals surface area contributed by atoms with Gasteiger partial charge < -0.3 is 15.7 Å². The molecule has 198 valence electrons. The van der Waals surface area contributed by atoms with E-state index in [-0.39, 0.29) is 30.2 Å². The molecule has 1 aliphatic carbocycles. The summed E-state index contributed by atoms with van der Waals surface area (Å²) in [6.07, 6.45) is 5.78. The first-order chi connectivity index (χ1) is 17.2. The first-order valence-electron chi connectivity index (χ1n) is 12.7. The highest BCUT2D eigenvalue weighted by Gasteiger charge is 2.48. The summed E-state index contributed by atoms with van der Waals surface area (Å²) in [4.78, 5) is 40.7. The zero-order valence-corrected chi connectivity index (χ0v) is 22.1. The van der Waals surface area contributed by atoms with E-state index in [4.69, 9.17) is 11.1 Å². The minimum atomic E-state index is -1.11. The fourth-order valence-electron chi connectivity index (χ4n) is 5.50. The zero-order valence-electron chi connectivity index (χ0n) is 21.2. The molecule has 2 aromatic rings. The molecule has 0 spiro atoms. The molecule has 1 saturated carbocycles. The summed E-state index contributed by atoms with van der Waals surface area (Å²) < 4.78 is -0.621. The molecule has 8 nitrogen and oxygen atoms in total. The van der Waals surface area contributed by atoms with Crippen LogP contribution >= 0.6 is 12.4 Å². The molecule has 37 heavy (non-hydrogen) atoms. The van der Waals surface area contributed by atoms with Crippen molar-refractivity contribution in [3.63, 3.8) is 0 Å². The molecule has 1 aliphatic heterocycles. The molecular formula is C28H36ClN4O4+. The number of halogens is 1. The lowest BCUT2D eigenvalue weighted by Crippen LogP contribution is -2.60. The summed E-state index contributed by atoms with van der Waals surface area (Å²) in [6, 6.07) is 12.4. The van der Waals surface area contributed by atoms with Gasteiger partial charge in [0.25, 0.3) is 0 Å². The van der Waals surface area contributed by atoms with Gasteiger partial charge in [0.15, 0.2) is 0 Å². The molecule has 3 amide bonds. The number of carbonyl (C=O) groups is 3. The van der Waals surface area contributed by atoms with Gasteiger partial charge in [-0.15, -0.1) is 12.4 Å². The van der Waals surface area contributed by atoms with Crippen LogP contribution in [0, 0.1) is 5.41 Å². The van der Waals surface area contributed by atoms with E-state index < -0.39 is 16.5 Å². The number of carbonyl (C=O) groups excluding carboxylic acids is 2. The maximum Gasteiger partial charge on any atom is 0.521 e. The van der Waals surface area contributed by atoms with Crippen LogP contribution in [0.2, 0.25) is 0 Å². The second-order valence-corrected chi connectivity index (χ2v) is 10.1. The normalized spacial score (nSPS) is 17.2. The third kappa shape index (κ3) is 5.86. The van der Waals surface area contributed by atoms with Gasteiger partial charge in [0.2, 0.25) is 5.91 Å². The van der Waals surface area contributed by atoms with Crippen molar-refractivity contribution in [2.75, 3.05) is 18.5 Å². The SMILES string of the molecule is C[N+](C(=O)O)(C(=O)c1ccc2c(c1)CCCN2C(=O)CCc1ccc(C(=N)N)cc1)C1CCCCC1.Cl. The van der Waals surface area contributed by atoms with E-state index in [0.717, 1.165) is 61.8 Å². The lowest BCUT2D eigenvalue weighted by Gasteiger charge is -2.36. The average Bonchev–Trinajstić information content (AvgIpc) is 2.90. The van der Waals surface area contributed by atoms with Crippen LogP contribution in [0.3, 0.4) is 0 Å². The highest BCUT2D eigenvalue weighted by atomic mass is 35.5. The summed E-state index contributed by atoms with van der Waals surface area (Å²) >= 11 is 0. The molecule has 0 aromatic heterocycles. The van der Waals surface area contributed by atoms with Gasteiger partial charge in [-0.25, -0.2) is 4.79 Å². The van der Waals surface area contributed by atoms with E-state index >= 15 is 0 Å². The van der Waals surface area contributed by atoms with Gasteiger partial charge in [-0.1, -0.05) is 30.7 Å². The number of aryl methyl sites for hydroxylation is 2. The number of anilines is 1. The molecule has 2 aromatic carbocycles. The third-order valence-electron chi connectivity index (χ3n) is 7.76. The number of hydrogen-bond acceptors (Lipinski definition) is 4. The molecule has 0 bridgehead atoms. The quantitative estimate of drug-likeness (QED) is 0.280. The van der Waals surface area contributed by atoms with Crippen LogP contribution in [-0.2, 0) is 17.6 Å². The van der Waals surface area contributed by atoms with Crippen molar-refractivity contribution in [2.45, 2.75) is 63.8 Å². The van der Waals surface area contributed by atoms with E-state index in [1.165, 1.54) is 7.05 Å². The van der Waals surface area contributed by atoms with Crippen molar-refractivity contribution in [3.05, 3.63) is 64.7 Å². The highest BCUT2D eigenvalue weighted by Crippen LogP contribution is 2.33. The minimum absolute atomic E-state index is 0. The predicted octanol–water partition coefficient (Wildman–Crippen LogP) is 4.90. The summed E-state index contributed by atoms with van der Waals surface area (Å²) in [5, 5.41) is 17.5. The van der Waals surface area contributed by atoms with Crippen molar-refractivity contribution in [3.8, 4) is 0 Å². The Balaban J connectivity index is 0.00000380. The summed E-state index contributed by atoms with van der Waals surface area (Å²) in [6.45, 7) is 0.618. The summed E-state index contributed by atoms with van der Waals surface area (Å²) in [5.41, 5.74) is 9.26. The number of nitrogen functional groups attached to an aromatic ring is 1. The van der Waals surface area contributed by atoms with Crippen molar-refractivity contribution < 1.29 is 24.0 Å². The number of fused-ring (bicyclic) bond motifs is 1. The lowest BCUT2D eigenvalue weighted by molar-refractivity contribution is -0.784. The summed E-state index contributed by atoms with van der Waals surface area (Å²) in [5.74, 6) is -0.365. The van der Waals surface area contributed by atoms with Crippen LogP contribution in [0.15, 0.2) is 42.5 Å². The Morgan fingerprint density at radius 2 is 1.68 bits per heavy atom. The average molecular weight is 528 g/mol. The van der Waals surface area contributed by atoms with E-state index in [9.17, 15) is 19.5 Å². The number of hydrogen-bond donors (Lipinski definition) is 3. The molecule has 1 unspecified atom stereocenters. The van der Waals surface area contributed by atoms with Gasteiger partial charge in [0.05, 0.1) is 12.6 Å². The molecule has 4 N–H and O–H groups in total. The van der Waals surface area contributed by atoms with Crippen molar-refractivity contribution >= 4 is 41.8 Å². The van der Waals surface area contributed by atoms with Crippen LogP contribution in [0.5, 0.6) is 0 Å². The summed E-state index contributed by atoms with van der Waals surface area (Å²) in [7, 11) is 1.53. The number of nitrogens with zero attached hydrogens (tertiary/aromatic N) is 2. The second-order valence-electron chi connectivity index (χ2n) is 10.1. The van der Waals surface area contributed by atoms with Crippen LogP contribution in [0.1, 0.15) is 72.0 Å². The van der Waals surface area contributed by atoms with E-state index in [1.54, 1.807) is 35.2 Å². The van der Waals surface area contributed by atoms with Crippen LogP contribution in [0.25, 0.3) is 0 Å². The second kappa shape index (κ2) is 11.9. The fourth-order valence-corrected chi connectivity index (χ4v) is 5.50. The van der Waals surface area contributed by atoms with Crippen molar-refractivity contribution in [2.24, 2.45) is 5.73 Å². The third-order valence-corrected chi connectivity index (χ3v) is 7.76. The number of rotatable bonds is 6. The van der Waals surface area contributed by atoms with Gasteiger partial charge in [0, 0.05) is 37.1 Å². The van der Waals surface area contributed by atoms with E-state index in [2.05, 4.69) is 0 Å². The maximum absolute atomic E-state index is 13.5. The largest absolute Gasteiger partial charge is 0.521 e. The van der Waals surface area contributed by atoms with Crippen LogP contribution < -0.4 is 10.6 Å². The topological polar surface area (TPSA) is 125 Å². The Morgan fingerprint density at radius 3 is 2.30 bits per heavy atom. The van der Waals surface area contributed by atoms with Crippen molar-refractivity contribution in [1.29, 1.82) is 5.41 Å². The Bertz CT molecular complexity index is 1180. The lowest BCUT2D eigenvalue weighted by atomic mass is 9.91. The van der Waals surface area contributed by atoms with Crippen molar-refractivity contribution in [1.82, 2.24) is 0 Å². The zero-order chi connectivity index (χ0) is 25.9. The fraction of sp³-hybridized carbons (Fsp3) is 0.429. The maximum atomic E-state index is 13.5. The molecule has 4 rings (SSSR count). The molecule has 2 aliphatic rings. The molecule has 0 radical (unpaired) electrons. The van der Waals surface area contributed by atoms with Gasteiger partial charge >= 0.3 is 12.0 Å². The van der Waals surface area contributed by atoms with Crippen LogP contribution in [0.4, 0.5) is 10.5 Å². The Hall–Kier alpha value is -3.23. The molecular weight excluding hydrogens is 492 g/mol. The smallest absolute Gasteiger partial charge is 0.435 e. The van der Waals surface area contributed by atoms with E-state index in [0.29, 0.717) is 30.5 Å². The Morgan fingerprint density at radius 1 is 1.03 bits per heavy atom. The number of imide groups is 1. The minimum Gasteiger partial charge on any atom is -0.435 e. The Labute approximate surface area is 224 Å². The molecule has 0 saturated heterocycles. The number of benzene rings is 2. The number of nitrogens with one attached hydrogen (secondary N) is 1. The van der Waals surface area contributed by atoms with Crippen LogP contribution in [-0.4, -0.2) is 53.0 Å². The van der Waals surface area contributed by atoms with Gasteiger partial charge in [-0.05, 0) is 61.4 Å². The van der Waals surface area contributed by atoms with Gasteiger partial charge in [-0.3, -0.25) is 10.2 Å². The number of amidine groups is 1. The first kappa shape index (κ1) is 28.3. The number of amides is 3. The number of quaternary nitrogens is 1. The Kier molecular flexibility index (Phi) is 9.10. The van der Waals surface area contributed by atoms with Gasteiger partial charge in [0.1, 0.15) is 11.9 Å². The van der Waals surface area contributed by atoms with Gasteiger partial charge in [-0.2, -0.15) is 9.28 Å². The standard InChI is InChI=1S/C28H34N4O4.ClH/c1-32(28(35)36,23-7-3-2-4-8-23)27(34)22-14-15-24-21(18-22)6-5-17-31(24)25(33)16-11-19-9-12-20(13-10-19)26(29)30;/h9-10,12-15,18,23H,2-8,11,16-17H2,1H3,(H3-,29,30,35,36);1H/p+1. The number of nitrogens with two attached hydrogens (primary N) is 1. The first-order valence-corrected chi connectivity index (χ1v) is 12.7. The molecule has 1 atom stereocenters. The molecule has 1 heterocycles. The predicted molar refractivity (Wildman–Crippen MR) is 146 cm³/mol. The molecule has 9 heteroatoms. The monoisotopic (exact) mass is 527 g/mol. The van der Waals surface area contributed by atoms with E-state index in [1.807, 2.05) is 12.1 Å². The number of carboxylic acid groups (broad SMARTS) is 1. The molecule has 1 fully saturated rings. The highest BCUT2D eigenvalue weighted by molar-refractivity contribution is 5.98.